The lowest BCUT2D eigenvalue weighted by Crippen LogP contribution is -2.31. The minimum absolute atomic E-state index is 0.329. The molecule has 3 atom stereocenters. The molecule has 1 aromatic carbocycles. The summed E-state index contributed by atoms with van der Waals surface area (Å²) in [6, 6.07) is 8.62. The summed E-state index contributed by atoms with van der Waals surface area (Å²) in [6.07, 6.45) is 5.20. The number of nitrogens with two attached hydrogens (primary N) is 1. The van der Waals surface area contributed by atoms with Crippen molar-refractivity contribution < 1.29 is 4.74 Å². The van der Waals surface area contributed by atoms with Gasteiger partial charge in [-0.05, 0) is 61.1 Å². The topological polar surface area (TPSA) is 35.2 Å². The molecule has 2 saturated carbocycles. The lowest BCUT2D eigenvalue weighted by atomic mass is 9.90. The fourth-order valence-electron chi connectivity index (χ4n) is 3.35. The van der Waals surface area contributed by atoms with E-state index in [1.165, 1.54) is 24.8 Å². The van der Waals surface area contributed by atoms with Crippen LogP contribution in [-0.4, -0.2) is 13.2 Å². The van der Waals surface area contributed by atoms with Crippen LogP contribution in [0.4, 0.5) is 0 Å². The number of methoxy groups -OCH3 is 1. The maximum absolute atomic E-state index is 6.34. The van der Waals surface area contributed by atoms with Crippen LogP contribution in [0.15, 0.2) is 24.3 Å². The standard InChI is InChI=1S/C15H21NO/c1-17-14-4-2-3-10(5-14)6-15(16)13-8-11-7-12(11)9-13/h2-5,11-13,15H,6-9,16H2,1H3. The first kappa shape index (κ1) is 11.1. The van der Waals surface area contributed by atoms with Crippen molar-refractivity contribution in [1.82, 2.24) is 0 Å². The predicted octanol–water partition coefficient (Wildman–Crippen LogP) is 2.61. The number of hydrogen-bond acceptors (Lipinski definition) is 2. The maximum Gasteiger partial charge on any atom is 0.119 e. The lowest BCUT2D eigenvalue weighted by molar-refractivity contribution is 0.390. The monoisotopic (exact) mass is 231 g/mol. The molecule has 2 nitrogen and oxygen atoms in total. The Morgan fingerprint density at radius 1 is 1.29 bits per heavy atom. The normalized spacial score (nSPS) is 32.0. The molecule has 17 heavy (non-hydrogen) atoms. The molecule has 0 saturated heterocycles. The number of fused-ring (bicyclic) bond motifs is 1. The molecule has 0 aromatic heterocycles. The smallest absolute Gasteiger partial charge is 0.119 e. The van der Waals surface area contributed by atoms with Crippen LogP contribution in [0.3, 0.4) is 0 Å². The molecule has 2 aliphatic carbocycles. The molecule has 0 amide bonds. The molecule has 2 N–H and O–H groups in total. The summed E-state index contributed by atoms with van der Waals surface area (Å²) in [5.41, 5.74) is 7.65. The molecule has 3 unspecified atom stereocenters. The second-order valence-electron chi connectivity index (χ2n) is 5.71. The molecule has 92 valence electrons. The van der Waals surface area contributed by atoms with Gasteiger partial charge in [-0.25, -0.2) is 0 Å². The first-order valence-electron chi connectivity index (χ1n) is 6.65. The van der Waals surface area contributed by atoms with Gasteiger partial charge in [0.1, 0.15) is 5.75 Å². The highest BCUT2D eigenvalue weighted by molar-refractivity contribution is 5.29. The molecule has 0 radical (unpaired) electrons. The summed E-state index contributed by atoms with van der Waals surface area (Å²) in [5.74, 6) is 3.74. The average Bonchev–Trinajstić information content (AvgIpc) is 2.96. The first-order valence-corrected chi connectivity index (χ1v) is 6.65. The summed E-state index contributed by atoms with van der Waals surface area (Å²) in [5, 5.41) is 0. The highest BCUT2D eigenvalue weighted by Gasteiger charge is 2.47. The van der Waals surface area contributed by atoms with Gasteiger partial charge in [0.2, 0.25) is 0 Å². The SMILES string of the molecule is COc1cccc(CC(N)C2CC3CC3C2)c1. The molecule has 2 aliphatic rings. The summed E-state index contributed by atoms with van der Waals surface area (Å²) in [4.78, 5) is 0. The van der Waals surface area contributed by atoms with Crippen LogP contribution < -0.4 is 10.5 Å². The minimum atomic E-state index is 0.329. The minimum Gasteiger partial charge on any atom is -0.497 e. The molecule has 3 rings (SSSR count). The molecule has 0 heterocycles. The van der Waals surface area contributed by atoms with Crippen LogP contribution in [0.2, 0.25) is 0 Å². The van der Waals surface area contributed by atoms with Crippen molar-refractivity contribution in [3.8, 4) is 5.75 Å². The van der Waals surface area contributed by atoms with E-state index in [1.54, 1.807) is 7.11 Å². The predicted molar refractivity (Wildman–Crippen MR) is 69.0 cm³/mol. The molecule has 1 aromatic rings. The van der Waals surface area contributed by atoms with Crippen LogP contribution in [-0.2, 0) is 6.42 Å². The average molecular weight is 231 g/mol. The van der Waals surface area contributed by atoms with Crippen LogP contribution in [0.5, 0.6) is 5.75 Å². The number of ether oxygens (including phenoxy) is 1. The van der Waals surface area contributed by atoms with Gasteiger partial charge in [-0.1, -0.05) is 12.1 Å². The third kappa shape index (κ3) is 2.32. The Labute approximate surface area is 103 Å². The van der Waals surface area contributed by atoms with Gasteiger partial charge in [0.05, 0.1) is 7.11 Å². The highest BCUT2D eigenvalue weighted by Crippen LogP contribution is 2.55. The second kappa shape index (κ2) is 4.34. The van der Waals surface area contributed by atoms with Crippen molar-refractivity contribution in [2.45, 2.75) is 31.7 Å². The van der Waals surface area contributed by atoms with Gasteiger partial charge in [-0.15, -0.1) is 0 Å². The van der Waals surface area contributed by atoms with Crippen LogP contribution in [0, 0.1) is 17.8 Å². The van der Waals surface area contributed by atoms with Gasteiger partial charge in [0.15, 0.2) is 0 Å². The number of rotatable bonds is 4. The first-order chi connectivity index (χ1) is 8.26. The van der Waals surface area contributed by atoms with Crippen molar-refractivity contribution >= 4 is 0 Å². The lowest BCUT2D eigenvalue weighted by Gasteiger charge is -2.20. The van der Waals surface area contributed by atoms with E-state index in [9.17, 15) is 0 Å². The molecule has 2 fully saturated rings. The maximum atomic E-state index is 6.34. The second-order valence-corrected chi connectivity index (χ2v) is 5.71. The third-order valence-corrected chi connectivity index (χ3v) is 4.49. The Morgan fingerprint density at radius 3 is 2.76 bits per heavy atom. The molecule has 0 spiro atoms. The largest absolute Gasteiger partial charge is 0.497 e. The zero-order valence-corrected chi connectivity index (χ0v) is 10.4. The van der Waals surface area contributed by atoms with E-state index < -0.39 is 0 Å². The fraction of sp³-hybridized carbons (Fsp3) is 0.600. The summed E-state index contributed by atoms with van der Waals surface area (Å²) in [6.45, 7) is 0. The van der Waals surface area contributed by atoms with E-state index in [2.05, 4.69) is 12.1 Å². The van der Waals surface area contributed by atoms with E-state index in [1.807, 2.05) is 12.1 Å². The third-order valence-electron chi connectivity index (χ3n) is 4.49. The van der Waals surface area contributed by atoms with Crippen molar-refractivity contribution in [1.29, 1.82) is 0 Å². The Bertz CT molecular complexity index is 394. The van der Waals surface area contributed by atoms with E-state index >= 15 is 0 Å². The van der Waals surface area contributed by atoms with E-state index in [0.29, 0.717) is 6.04 Å². The zero-order chi connectivity index (χ0) is 11.8. The highest BCUT2D eigenvalue weighted by atomic mass is 16.5. The molecule has 2 heteroatoms. The van der Waals surface area contributed by atoms with Crippen molar-refractivity contribution in [3.63, 3.8) is 0 Å². The van der Waals surface area contributed by atoms with Gasteiger partial charge in [0, 0.05) is 6.04 Å². The quantitative estimate of drug-likeness (QED) is 0.864. The van der Waals surface area contributed by atoms with Crippen LogP contribution in [0.25, 0.3) is 0 Å². The molecular formula is C15H21NO. The van der Waals surface area contributed by atoms with Crippen LogP contribution >= 0.6 is 0 Å². The van der Waals surface area contributed by atoms with Crippen LogP contribution in [0.1, 0.15) is 24.8 Å². The summed E-state index contributed by atoms with van der Waals surface area (Å²) >= 11 is 0. The van der Waals surface area contributed by atoms with E-state index in [0.717, 1.165) is 29.9 Å². The van der Waals surface area contributed by atoms with Gasteiger partial charge >= 0.3 is 0 Å². The van der Waals surface area contributed by atoms with Crippen molar-refractivity contribution in [2.75, 3.05) is 7.11 Å². The number of hydrogen-bond donors (Lipinski definition) is 1. The van der Waals surface area contributed by atoms with Gasteiger partial charge in [-0.2, -0.15) is 0 Å². The van der Waals surface area contributed by atoms with Crippen molar-refractivity contribution in [2.24, 2.45) is 23.5 Å². The van der Waals surface area contributed by atoms with Gasteiger partial charge < -0.3 is 10.5 Å². The fourth-order valence-corrected chi connectivity index (χ4v) is 3.35. The zero-order valence-electron chi connectivity index (χ0n) is 10.4. The van der Waals surface area contributed by atoms with Crippen molar-refractivity contribution in [3.05, 3.63) is 29.8 Å². The Kier molecular flexibility index (Phi) is 2.83. The van der Waals surface area contributed by atoms with Gasteiger partial charge in [0.25, 0.3) is 0 Å². The Hall–Kier alpha value is -1.02. The van der Waals surface area contributed by atoms with E-state index in [4.69, 9.17) is 10.5 Å². The summed E-state index contributed by atoms with van der Waals surface area (Å²) in [7, 11) is 1.71. The molecule has 0 aliphatic heterocycles. The van der Waals surface area contributed by atoms with Gasteiger partial charge in [-0.3, -0.25) is 0 Å². The molecule has 0 bridgehead atoms. The van der Waals surface area contributed by atoms with E-state index in [-0.39, 0.29) is 0 Å². The Balaban J connectivity index is 1.61. The Morgan fingerprint density at radius 2 is 2.06 bits per heavy atom. The molecular weight excluding hydrogens is 210 g/mol. The summed E-state index contributed by atoms with van der Waals surface area (Å²) < 4.78 is 5.25. The number of benzene rings is 1.